The largest absolute Gasteiger partial charge is 0.505 e. The highest BCUT2D eigenvalue weighted by Gasteiger charge is 2.27. The fraction of sp³-hybridized carbons (Fsp3) is 0.415. The second kappa shape index (κ2) is 21.9. The molecule has 2 heterocycles. The third kappa shape index (κ3) is 14.3. The number of aromatic hydroxyl groups is 2. The molecule has 0 aliphatic rings. The van der Waals surface area contributed by atoms with Gasteiger partial charge in [-0.1, -0.05) is 24.3 Å². The number of benzene rings is 2. The van der Waals surface area contributed by atoms with Crippen molar-refractivity contribution < 1.29 is 52.8 Å². The first kappa shape index (κ1) is 47.7. The number of carbonyl (C=O) groups excluding carboxylic acids is 3. The van der Waals surface area contributed by atoms with Crippen LogP contribution in [0.25, 0.3) is 0 Å². The predicted molar refractivity (Wildman–Crippen MR) is 217 cm³/mol. The Morgan fingerprint density at radius 1 is 0.733 bits per heavy atom. The average Bonchev–Trinajstić information content (AvgIpc) is 3.15. The summed E-state index contributed by atoms with van der Waals surface area (Å²) >= 11 is 0. The zero-order valence-corrected chi connectivity index (χ0v) is 34.8. The van der Waals surface area contributed by atoms with Crippen molar-refractivity contribution in [2.75, 3.05) is 37.4 Å². The highest BCUT2D eigenvalue weighted by atomic mass is 19.1. The Morgan fingerprint density at radius 3 is 1.57 bits per heavy atom. The summed E-state index contributed by atoms with van der Waals surface area (Å²) in [4.78, 5) is 65.0. The SMILES string of the molecule is COC(=O)[C@H](CNC(=O)OC(C)(C)C)NC(=O)c1c(C)nc(NCCCc2cccc(O)c2F)nc1C.Cc1nc(NCCCc2cccc(O)c2F)nc(C)c1C(=O)O. The smallest absolute Gasteiger partial charge is 0.407 e. The Morgan fingerprint density at radius 2 is 1.17 bits per heavy atom. The number of rotatable bonds is 16. The minimum Gasteiger partial charge on any atom is -0.505 e. The van der Waals surface area contributed by atoms with Crippen molar-refractivity contribution in [3.63, 3.8) is 0 Å². The fourth-order valence-corrected chi connectivity index (χ4v) is 5.77. The van der Waals surface area contributed by atoms with E-state index in [4.69, 9.17) is 14.6 Å². The summed E-state index contributed by atoms with van der Waals surface area (Å²) in [5, 5.41) is 38.9. The number of nitrogens with zero attached hydrogens (tertiary/aromatic N) is 4. The molecule has 0 unspecified atom stereocenters. The van der Waals surface area contributed by atoms with Gasteiger partial charge in [-0.3, -0.25) is 4.79 Å². The van der Waals surface area contributed by atoms with E-state index in [1.807, 2.05) is 0 Å². The number of esters is 1. The third-order valence-corrected chi connectivity index (χ3v) is 8.55. The molecule has 60 heavy (non-hydrogen) atoms. The first-order valence-corrected chi connectivity index (χ1v) is 18.9. The molecule has 2 amide bonds. The Kier molecular flexibility index (Phi) is 17.4. The van der Waals surface area contributed by atoms with E-state index in [1.165, 1.54) is 19.2 Å². The monoisotopic (exact) mass is 838 g/mol. The molecule has 7 N–H and O–H groups in total. The number of amides is 2. The lowest BCUT2D eigenvalue weighted by Crippen LogP contribution is -2.50. The van der Waals surface area contributed by atoms with Crippen LogP contribution in [0.5, 0.6) is 11.5 Å². The molecule has 1 atom stereocenters. The molecular formula is C41H52F2N8O9. The maximum atomic E-state index is 13.9. The molecule has 0 aliphatic carbocycles. The number of carboxylic acid groups (broad SMARTS) is 1. The maximum absolute atomic E-state index is 13.9. The second-order valence-electron chi connectivity index (χ2n) is 14.5. The van der Waals surface area contributed by atoms with Crippen LogP contribution in [0.15, 0.2) is 36.4 Å². The molecular weight excluding hydrogens is 786 g/mol. The van der Waals surface area contributed by atoms with Gasteiger partial charge >= 0.3 is 18.0 Å². The average molecular weight is 839 g/mol. The van der Waals surface area contributed by atoms with Gasteiger partial charge in [-0.15, -0.1) is 0 Å². The highest BCUT2D eigenvalue weighted by Crippen LogP contribution is 2.21. The van der Waals surface area contributed by atoms with Crippen molar-refractivity contribution in [1.29, 1.82) is 0 Å². The Labute approximate surface area is 346 Å². The predicted octanol–water partition coefficient (Wildman–Crippen LogP) is 5.46. The molecule has 4 aromatic rings. The van der Waals surface area contributed by atoms with Crippen LogP contribution in [-0.2, 0) is 27.1 Å². The first-order valence-electron chi connectivity index (χ1n) is 18.9. The van der Waals surface area contributed by atoms with E-state index in [0.717, 1.165) is 0 Å². The van der Waals surface area contributed by atoms with Crippen LogP contribution >= 0.6 is 0 Å². The van der Waals surface area contributed by atoms with Gasteiger partial charge in [0.05, 0.1) is 42.0 Å². The van der Waals surface area contributed by atoms with Crippen LogP contribution in [0.2, 0.25) is 0 Å². The summed E-state index contributed by atoms with van der Waals surface area (Å²) in [5.74, 6) is -3.73. The summed E-state index contributed by atoms with van der Waals surface area (Å²) in [7, 11) is 1.17. The summed E-state index contributed by atoms with van der Waals surface area (Å²) in [6, 6.07) is 7.85. The summed E-state index contributed by atoms with van der Waals surface area (Å²) in [5.41, 5.74) is 1.94. The van der Waals surface area contributed by atoms with E-state index in [1.54, 1.807) is 72.7 Å². The fourth-order valence-electron chi connectivity index (χ4n) is 5.77. The van der Waals surface area contributed by atoms with Crippen LogP contribution in [0.4, 0.5) is 25.5 Å². The lowest BCUT2D eigenvalue weighted by Gasteiger charge is -2.22. The molecule has 0 saturated heterocycles. The number of hydrogen-bond donors (Lipinski definition) is 7. The standard InChI is InChI=1S/C25H34FN5O6.C16H18FN3O3/c1-14-19(21(33)31-17(22(34)36-6)13-28-24(35)37-25(3,4)5)15(2)30-23(29-14)27-12-8-10-16-9-7-11-18(32)20(16)26;1-9-13(15(22)23)10(2)20-16(19-9)18-8-4-6-11-5-3-7-12(21)14(11)17/h7,9,11,17,32H,8,10,12-13H2,1-6H3,(H,28,35)(H,31,33)(H,27,29,30);3,5,7,21H,4,6,8H2,1-2H3,(H,22,23)(H,18,19,20)/t17-;/m0./s1. The van der Waals surface area contributed by atoms with Crippen LogP contribution in [-0.4, -0.2) is 97.6 Å². The summed E-state index contributed by atoms with van der Waals surface area (Å²) in [6.07, 6.45) is 1.28. The summed E-state index contributed by atoms with van der Waals surface area (Å²) in [6.45, 7) is 12.3. The normalized spacial score (nSPS) is 11.4. The van der Waals surface area contributed by atoms with Crippen LogP contribution < -0.4 is 21.3 Å². The van der Waals surface area contributed by atoms with Gasteiger partial charge in [0.25, 0.3) is 5.91 Å². The molecule has 324 valence electrons. The van der Waals surface area contributed by atoms with E-state index >= 15 is 0 Å². The van der Waals surface area contributed by atoms with Crippen molar-refractivity contribution in [2.24, 2.45) is 0 Å². The van der Waals surface area contributed by atoms with Crippen molar-refractivity contribution >= 4 is 35.8 Å². The van der Waals surface area contributed by atoms with Gasteiger partial charge in [0.15, 0.2) is 23.1 Å². The van der Waals surface area contributed by atoms with Gasteiger partial charge in [-0.25, -0.2) is 43.1 Å². The molecule has 2 aromatic carbocycles. The number of aromatic carboxylic acids is 1. The Balaban J connectivity index is 0.000000357. The molecule has 0 fully saturated rings. The Hall–Kier alpha value is -6.66. The van der Waals surface area contributed by atoms with E-state index < -0.39 is 47.2 Å². The van der Waals surface area contributed by atoms with Gasteiger partial charge in [0.1, 0.15) is 17.2 Å². The number of hydrogen-bond acceptors (Lipinski definition) is 14. The van der Waals surface area contributed by atoms with E-state index in [9.17, 15) is 38.2 Å². The number of carboxylic acids is 1. The van der Waals surface area contributed by atoms with Crippen molar-refractivity contribution in [3.8, 4) is 11.5 Å². The lowest BCUT2D eigenvalue weighted by atomic mass is 10.1. The maximum Gasteiger partial charge on any atom is 0.407 e. The minimum absolute atomic E-state index is 0.109. The van der Waals surface area contributed by atoms with Crippen molar-refractivity contribution in [3.05, 3.63) is 93.1 Å². The van der Waals surface area contributed by atoms with E-state index in [0.29, 0.717) is 84.6 Å². The number of phenols is 2. The number of alkyl carbamates (subject to hydrolysis) is 1. The number of halogens is 2. The molecule has 0 aliphatic heterocycles. The van der Waals surface area contributed by atoms with Gasteiger partial charge in [-0.05, 0) is 97.4 Å². The number of carbonyl (C=O) groups is 4. The van der Waals surface area contributed by atoms with Crippen LogP contribution in [0.3, 0.4) is 0 Å². The molecule has 4 rings (SSSR count). The van der Waals surface area contributed by atoms with Crippen molar-refractivity contribution in [2.45, 2.75) is 85.8 Å². The van der Waals surface area contributed by atoms with Gasteiger partial charge in [0.2, 0.25) is 11.9 Å². The molecule has 0 saturated carbocycles. The second-order valence-corrected chi connectivity index (χ2v) is 14.5. The van der Waals surface area contributed by atoms with E-state index in [-0.39, 0.29) is 29.2 Å². The highest BCUT2D eigenvalue weighted by molar-refractivity contribution is 5.98. The van der Waals surface area contributed by atoms with Crippen LogP contribution in [0.1, 0.15) is 88.2 Å². The molecule has 17 nitrogen and oxygen atoms in total. The number of aryl methyl sites for hydroxylation is 6. The van der Waals surface area contributed by atoms with Gasteiger partial charge in [-0.2, -0.15) is 0 Å². The number of nitrogens with one attached hydrogen (secondary N) is 4. The first-order chi connectivity index (χ1) is 28.2. The molecule has 19 heteroatoms. The Bertz CT molecular complexity index is 2120. The molecule has 0 spiro atoms. The zero-order valence-electron chi connectivity index (χ0n) is 34.8. The topological polar surface area (TPSA) is 247 Å². The number of phenolic OH excluding ortho intramolecular Hbond substituents is 2. The lowest BCUT2D eigenvalue weighted by molar-refractivity contribution is -0.142. The van der Waals surface area contributed by atoms with Crippen molar-refractivity contribution in [1.82, 2.24) is 30.6 Å². The summed E-state index contributed by atoms with van der Waals surface area (Å²) < 4.78 is 37.4. The van der Waals surface area contributed by atoms with E-state index in [2.05, 4.69) is 41.2 Å². The zero-order chi connectivity index (χ0) is 44.7. The quantitative estimate of drug-likeness (QED) is 0.0547. The number of aromatic nitrogens is 4. The third-order valence-electron chi connectivity index (χ3n) is 8.55. The molecule has 0 bridgehead atoms. The van der Waals surface area contributed by atoms with Gasteiger partial charge in [0, 0.05) is 13.1 Å². The molecule has 2 aromatic heterocycles. The van der Waals surface area contributed by atoms with Gasteiger partial charge < -0.3 is 46.1 Å². The number of anilines is 2. The minimum atomic E-state index is -1.17. The van der Waals surface area contributed by atoms with Crippen LogP contribution in [0, 0.1) is 39.3 Å². The number of ether oxygens (including phenoxy) is 2. The molecule has 0 radical (unpaired) electrons. The number of methoxy groups -OCH3 is 1.